The zero-order chi connectivity index (χ0) is 20.5. The lowest BCUT2D eigenvalue weighted by Gasteiger charge is -2.31. The lowest BCUT2D eigenvalue weighted by Crippen LogP contribution is -2.51. The first-order valence-corrected chi connectivity index (χ1v) is 10.5. The molecule has 0 aromatic rings. The van der Waals surface area contributed by atoms with Gasteiger partial charge in [0.15, 0.2) is 0 Å². The average molecular weight is 419 g/mol. The quantitative estimate of drug-likeness (QED) is 0.287. The first-order chi connectivity index (χ1) is 13.1. The monoisotopic (exact) mass is 419 g/mol. The highest BCUT2D eigenvalue weighted by Gasteiger charge is 2.48. The van der Waals surface area contributed by atoms with E-state index >= 15 is 0 Å². The van der Waals surface area contributed by atoms with Gasteiger partial charge in [0.25, 0.3) is 5.91 Å². The van der Waals surface area contributed by atoms with Crippen LogP contribution in [0.2, 0.25) is 0 Å². The van der Waals surface area contributed by atoms with Gasteiger partial charge in [-0.15, -0.1) is 4.28 Å². The van der Waals surface area contributed by atoms with E-state index in [-0.39, 0.29) is 25.1 Å². The second-order valence-electron chi connectivity index (χ2n) is 7.29. The first kappa shape index (κ1) is 20.9. The molecule has 3 heterocycles. The third-order valence-electron chi connectivity index (χ3n) is 5.22. The molecule has 0 aromatic heterocycles. The van der Waals surface area contributed by atoms with Crippen molar-refractivity contribution in [3.63, 3.8) is 0 Å². The van der Waals surface area contributed by atoms with Crippen molar-refractivity contribution in [3.05, 3.63) is 0 Å². The Morgan fingerprint density at radius 3 is 2.61 bits per heavy atom. The number of rotatable bonds is 6. The van der Waals surface area contributed by atoms with E-state index in [9.17, 15) is 18.0 Å². The number of carbonyl (C=O) groups is 2. The molecule has 3 aliphatic rings. The van der Waals surface area contributed by atoms with E-state index in [0.29, 0.717) is 17.9 Å². The van der Waals surface area contributed by atoms with E-state index in [0.717, 1.165) is 25.9 Å². The van der Waals surface area contributed by atoms with Crippen LogP contribution in [0.15, 0.2) is 0 Å². The molecule has 0 aromatic carbocycles. The minimum absolute atomic E-state index is 0.0119. The summed E-state index contributed by atoms with van der Waals surface area (Å²) in [6.07, 6.45) is 2.43. The molecule has 0 saturated carbocycles. The van der Waals surface area contributed by atoms with Gasteiger partial charge in [-0.05, 0) is 32.7 Å². The summed E-state index contributed by atoms with van der Waals surface area (Å²) in [5.41, 5.74) is 0. The maximum Gasteiger partial charge on any atom is 0.418 e. The van der Waals surface area contributed by atoms with Gasteiger partial charge in [0.1, 0.15) is 12.4 Å². The molecule has 12 nitrogen and oxygen atoms in total. The van der Waals surface area contributed by atoms with Gasteiger partial charge in [-0.3, -0.25) is 14.8 Å². The Kier molecular flexibility index (Phi) is 6.19. The molecule has 0 spiro atoms. The molecule has 2 atom stereocenters. The highest BCUT2D eigenvalue weighted by molar-refractivity contribution is 7.80. The molecule has 0 aliphatic carbocycles. The average Bonchev–Trinajstić information content (AvgIpc) is 2.85. The predicted molar refractivity (Wildman–Crippen MR) is 95.7 cm³/mol. The molecule has 3 amide bonds. The van der Waals surface area contributed by atoms with Gasteiger partial charge in [0.2, 0.25) is 0 Å². The van der Waals surface area contributed by atoms with Crippen LogP contribution >= 0.6 is 0 Å². The predicted octanol–water partition coefficient (Wildman–Crippen LogP) is -0.806. The van der Waals surface area contributed by atoms with E-state index in [1.165, 1.54) is 4.90 Å². The fraction of sp³-hybridized carbons (Fsp3) is 0.800. The van der Waals surface area contributed by atoms with Crippen LogP contribution in [0.5, 0.6) is 0 Å². The number of ether oxygens (including phenoxy) is 1. The summed E-state index contributed by atoms with van der Waals surface area (Å²) in [6, 6.07) is -2.01. The Bertz CT molecular complexity index is 737. The van der Waals surface area contributed by atoms with Crippen molar-refractivity contribution in [2.45, 2.75) is 43.9 Å². The Balaban J connectivity index is 1.49. The summed E-state index contributed by atoms with van der Waals surface area (Å²) in [6.45, 7) is 1.79. The number of likely N-dealkylation sites (tertiary alicyclic amines) is 1. The van der Waals surface area contributed by atoms with Crippen LogP contribution in [-0.2, 0) is 24.2 Å². The third kappa shape index (κ3) is 4.97. The van der Waals surface area contributed by atoms with E-state index < -0.39 is 34.4 Å². The van der Waals surface area contributed by atoms with Gasteiger partial charge in [0, 0.05) is 19.6 Å². The molecule has 28 heavy (non-hydrogen) atoms. The second kappa shape index (κ2) is 8.29. The van der Waals surface area contributed by atoms with Crippen molar-refractivity contribution in [1.29, 1.82) is 5.41 Å². The van der Waals surface area contributed by atoms with Crippen LogP contribution in [0, 0.1) is 5.41 Å². The Morgan fingerprint density at radius 2 is 1.96 bits per heavy atom. The molecule has 0 unspecified atom stereocenters. The molecule has 3 fully saturated rings. The van der Waals surface area contributed by atoms with Crippen LogP contribution in [0.1, 0.15) is 25.7 Å². The van der Waals surface area contributed by atoms with Gasteiger partial charge in [-0.2, -0.15) is 13.5 Å². The lowest BCUT2D eigenvalue weighted by molar-refractivity contribution is -0.127. The molecule has 3 rings (SSSR count). The van der Waals surface area contributed by atoms with Crippen molar-refractivity contribution in [2.75, 3.05) is 33.3 Å². The summed E-state index contributed by atoms with van der Waals surface area (Å²) in [7, 11) is -2.79. The van der Waals surface area contributed by atoms with Gasteiger partial charge < -0.3 is 19.9 Å². The highest BCUT2D eigenvalue weighted by atomic mass is 32.3. The van der Waals surface area contributed by atoms with Crippen molar-refractivity contribution in [3.8, 4) is 0 Å². The van der Waals surface area contributed by atoms with Crippen LogP contribution in [0.4, 0.5) is 4.79 Å². The number of nitrogens with zero attached hydrogens (tertiary/aromatic N) is 3. The minimum atomic E-state index is -4.82. The molecule has 3 aliphatic heterocycles. The zero-order valence-electron chi connectivity index (χ0n) is 15.5. The second-order valence-corrected chi connectivity index (χ2v) is 8.29. The number of urea groups is 1. The largest absolute Gasteiger partial charge is 0.418 e. The summed E-state index contributed by atoms with van der Waals surface area (Å²) in [5.74, 6) is -0.624. The Hall–Kier alpha value is -1.80. The highest BCUT2D eigenvalue weighted by Crippen LogP contribution is 2.30. The number of amides is 3. The van der Waals surface area contributed by atoms with Crippen LogP contribution < -0.4 is 5.32 Å². The number of hydroxylamine groups is 2. The van der Waals surface area contributed by atoms with Gasteiger partial charge in [-0.1, -0.05) is 0 Å². The van der Waals surface area contributed by atoms with E-state index in [2.05, 4.69) is 14.5 Å². The molecule has 3 saturated heterocycles. The minimum Gasteiger partial charge on any atom is -0.368 e. The Morgan fingerprint density at radius 1 is 1.29 bits per heavy atom. The molecular weight excluding hydrogens is 394 g/mol. The lowest BCUT2D eigenvalue weighted by atomic mass is 10.00. The molecular formula is C15H25N5O7S. The smallest absolute Gasteiger partial charge is 0.368 e. The molecule has 13 heteroatoms. The zero-order valence-corrected chi connectivity index (χ0v) is 16.4. The van der Waals surface area contributed by atoms with E-state index in [4.69, 9.17) is 14.7 Å². The summed E-state index contributed by atoms with van der Waals surface area (Å²) in [4.78, 5) is 27.9. The fourth-order valence-corrected chi connectivity index (χ4v) is 4.13. The molecule has 0 radical (unpaired) electrons. The summed E-state index contributed by atoms with van der Waals surface area (Å²) < 4.78 is 40.6. The topological polar surface area (TPSA) is 153 Å². The van der Waals surface area contributed by atoms with Crippen LogP contribution in [0.25, 0.3) is 0 Å². The van der Waals surface area contributed by atoms with Crippen molar-refractivity contribution < 1.29 is 31.6 Å². The SMILES string of the molecule is CN1CCC(OCC(=O)NC(=N)[C@@H]2CC[C@@H]3CN2C(=O)N3OS(=O)(=O)O)CC1. The number of nitrogens with one attached hydrogen (secondary N) is 2. The summed E-state index contributed by atoms with van der Waals surface area (Å²) in [5, 5.41) is 11.2. The first-order valence-electron chi connectivity index (χ1n) is 9.09. The fourth-order valence-electron chi connectivity index (χ4n) is 3.75. The number of carbonyl (C=O) groups excluding carboxylic acids is 2. The number of piperidine rings is 2. The normalized spacial score (nSPS) is 26.6. The van der Waals surface area contributed by atoms with Crippen molar-refractivity contribution >= 4 is 28.2 Å². The van der Waals surface area contributed by atoms with Gasteiger partial charge in [-0.25, -0.2) is 4.79 Å². The van der Waals surface area contributed by atoms with Crippen LogP contribution in [0.3, 0.4) is 0 Å². The number of amidine groups is 1. The number of fused-ring (bicyclic) bond motifs is 2. The van der Waals surface area contributed by atoms with E-state index in [1.54, 1.807) is 0 Å². The third-order valence-corrected chi connectivity index (χ3v) is 5.57. The van der Waals surface area contributed by atoms with Gasteiger partial charge >= 0.3 is 16.4 Å². The maximum absolute atomic E-state index is 12.3. The van der Waals surface area contributed by atoms with Crippen LogP contribution in [-0.4, -0.2) is 97.1 Å². The standard InChI is InChI=1S/C15H25N5O7S/c1-18-6-4-11(5-7-18)26-9-13(21)17-14(16)12-3-2-10-8-19(12)15(22)20(10)27-28(23,24)25/h10-12H,2-9H2,1H3,(H2,16,17,21)(H,23,24,25)/t10-,12+/m1/s1. The van der Waals surface area contributed by atoms with Crippen molar-refractivity contribution in [1.82, 2.24) is 20.2 Å². The van der Waals surface area contributed by atoms with Gasteiger partial charge in [0.05, 0.1) is 18.2 Å². The Labute approximate surface area is 163 Å². The van der Waals surface area contributed by atoms with Crippen molar-refractivity contribution in [2.24, 2.45) is 0 Å². The summed E-state index contributed by atoms with van der Waals surface area (Å²) >= 11 is 0. The molecule has 158 valence electrons. The molecule has 2 bridgehead atoms. The maximum atomic E-state index is 12.3. The number of hydrogen-bond donors (Lipinski definition) is 3. The molecule has 3 N–H and O–H groups in total. The number of hydrogen-bond acceptors (Lipinski definition) is 8. The van der Waals surface area contributed by atoms with E-state index in [1.807, 2.05) is 7.05 Å².